The maximum absolute atomic E-state index is 2.52. The first-order valence-corrected chi connectivity index (χ1v) is 17.4. The van der Waals surface area contributed by atoms with E-state index in [-0.39, 0.29) is 0 Å². The van der Waals surface area contributed by atoms with Gasteiger partial charge in [0.2, 0.25) is 0 Å². The predicted molar refractivity (Wildman–Crippen MR) is 195 cm³/mol. The molecule has 1 unspecified atom stereocenters. The fraction of sp³-hybridized carbons (Fsp3) is 0.0233. The number of para-hydroxylation sites is 3. The summed E-state index contributed by atoms with van der Waals surface area (Å²) in [5.41, 5.74) is 11.3. The lowest BCUT2D eigenvalue weighted by atomic mass is 9.62. The monoisotopic (exact) mass is 619 g/mol. The normalized spacial score (nSPS) is 16.3. The highest BCUT2D eigenvalue weighted by atomic mass is 32.2. The molecule has 3 heteroatoms. The maximum atomic E-state index is 2.52. The van der Waals surface area contributed by atoms with Crippen molar-refractivity contribution >= 4 is 65.1 Å². The second kappa shape index (κ2) is 9.01. The Kier molecular flexibility index (Phi) is 4.92. The first kappa shape index (κ1) is 25.1. The Morgan fingerprint density at radius 1 is 0.478 bits per heavy atom. The number of thiophene rings is 1. The smallest absolute Gasteiger partial charge is 0.0764 e. The zero-order chi connectivity index (χ0) is 30.0. The summed E-state index contributed by atoms with van der Waals surface area (Å²) in [4.78, 5) is 2.66. The lowest BCUT2D eigenvalue weighted by Gasteiger charge is -2.45. The molecule has 0 amide bonds. The van der Waals surface area contributed by atoms with Crippen LogP contribution in [0.3, 0.4) is 0 Å². The van der Waals surface area contributed by atoms with Crippen LogP contribution in [0, 0.1) is 0 Å². The Labute approximate surface area is 274 Å². The molecule has 46 heavy (non-hydrogen) atoms. The molecule has 2 aliphatic rings. The number of rotatable bonds is 1. The number of nitrogens with zero attached hydrogens (tertiary/aromatic N) is 1. The Morgan fingerprint density at radius 2 is 1.17 bits per heavy atom. The van der Waals surface area contributed by atoms with Gasteiger partial charge < -0.3 is 4.57 Å². The van der Waals surface area contributed by atoms with E-state index < -0.39 is 5.41 Å². The highest BCUT2D eigenvalue weighted by molar-refractivity contribution is 7.99. The molecule has 7 aromatic carbocycles. The second-order valence-electron chi connectivity index (χ2n) is 12.4. The molecule has 0 aliphatic carbocycles. The van der Waals surface area contributed by atoms with Crippen LogP contribution in [0.1, 0.15) is 22.3 Å². The van der Waals surface area contributed by atoms with Crippen molar-refractivity contribution in [1.29, 1.82) is 0 Å². The van der Waals surface area contributed by atoms with Crippen molar-refractivity contribution in [2.24, 2.45) is 0 Å². The van der Waals surface area contributed by atoms with Crippen LogP contribution in [0.4, 0.5) is 0 Å². The summed E-state index contributed by atoms with van der Waals surface area (Å²) < 4.78 is 5.20. The molecule has 1 atom stereocenters. The number of benzene rings is 7. The van der Waals surface area contributed by atoms with Gasteiger partial charge in [-0.05, 0) is 69.8 Å². The van der Waals surface area contributed by atoms with Crippen molar-refractivity contribution in [2.75, 3.05) is 0 Å². The SMILES string of the molecule is c1ccc2c(c1)Sc1c(-c3ccc4sc5ccccc5c4c3)cccc1C21c2ccccc2-n2c3ccccc3c3cccc1c32. The molecule has 0 bridgehead atoms. The molecule has 9 aromatic rings. The summed E-state index contributed by atoms with van der Waals surface area (Å²) in [7, 11) is 0. The molecule has 0 saturated carbocycles. The van der Waals surface area contributed by atoms with Crippen LogP contribution in [-0.2, 0) is 5.41 Å². The van der Waals surface area contributed by atoms with Gasteiger partial charge >= 0.3 is 0 Å². The van der Waals surface area contributed by atoms with Crippen LogP contribution in [0.25, 0.3) is 58.8 Å². The highest BCUT2D eigenvalue weighted by Crippen LogP contribution is 2.61. The van der Waals surface area contributed by atoms with Crippen molar-refractivity contribution in [3.8, 4) is 16.8 Å². The van der Waals surface area contributed by atoms with Crippen molar-refractivity contribution in [1.82, 2.24) is 4.57 Å². The molecular weight excluding hydrogens is 595 g/mol. The van der Waals surface area contributed by atoms with E-state index in [1.54, 1.807) is 0 Å². The summed E-state index contributed by atoms with van der Waals surface area (Å²) in [6.07, 6.45) is 0. The number of hydrogen-bond donors (Lipinski definition) is 0. The lowest BCUT2D eigenvalue weighted by molar-refractivity contribution is 0.690. The molecule has 4 heterocycles. The fourth-order valence-electron chi connectivity index (χ4n) is 8.47. The van der Waals surface area contributed by atoms with Crippen LogP contribution >= 0.6 is 23.1 Å². The van der Waals surface area contributed by atoms with Crippen molar-refractivity contribution < 1.29 is 0 Å². The predicted octanol–water partition coefficient (Wildman–Crippen LogP) is 12.0. The Bertz CT molecular complexity index is 2750. The van der Waals surface area contributed by atoms with E-state index in [0.717, 1.165) is 0 Å². The summed E-state index contributed by atoms with van der Waals surface area (Å²) in [6, 6.07) is 57.0. The topological polar surface area (TPSA) is 4.93 Å². The van der Waals surface area contributed by atoms with Gasteiger partial charge in [0.25, 0.3) is 0 Å². The van der Waals surface area contributed by atoms with Gasteiger partial charge in [0, 0.05) is 40.7 Å². The molecule has 11 rings (SSSR count). The first-order chi connectivity index (χ1) is 22.8. The molecule has 2 aliphatic heterocycles. The van der Waals surface area contributed by atoms with Gasteiger partial charge in [0.15, 0.2) is 0 Å². The Balaban J connectivity index is 1.29. The zero-order valence-corrected chi connectivity index (χ0v) is 26.3. The minimum Gasteiger partial charge on any atom is -0.309 e. The minimum atomic E-state index is -0.465. The summed E-state index contributed by atoms with van der Waals surface area (Å²) in [6.45, 7) is 0. The van der Waals surface area contributed by atoms with Crippen LogP contribution in [-0.4, -0.2) is 4.57 Å². The number of hydrogen-bond acceptors (Lipinski definition) is 2. The van der Waals surface area contributed by atoms with E-state index in [2.05, 4.69) is 156 Å². The Hall–Kier alpha value is -5.09. The third-order valence-electron chi connectivity index (χ3n) is 10.3. The summed E-state index contributed by atoms with van der Waals surface area (Å²) >= 11 is 3.81. The zero-order valence-electron chi connectivity index (χ0n) is 24.7. The van der Waals surface area contributed by atoms with E-state index >= 15 is 0 Å². The van der Waals surface area contributed by atoms with Gasteiger partial charge in [0.05, 0.1) is 22.1 Å². The van der Waals surface area contributed by atoms with Gasteiger partial charge in [-0.2, -0.15) is 0 Å². The first-order valence-electron chi connectivity index (χ1n) is 15.8. The van der Waals surface area contributed by atoms with Gasteiger partial charge in [-0.15, -0.1) is 11.3 Å². The molecule has 0 saturated heterocycles. The molecule has 214 valence electrons. The van der Waals surface area contributed by atoms with E-state index in [9.17, 15) is 0 Å². The van der Waals surface area contributed by atoms with Gasteiger partial charge in [0.1, 0.15) is 0 Å². The minimum absolute atomic E-state index is 0.465. The van der Waals surface area contributed by atoms with Crippen molar-refractivity contribution in [2.45, 2.75) is 15.2 Å². The van der Waals surface area contributed by atoms with Crippen LogP contribution in [0.2, 0.25) is 0 Å². The van der Waals surface area contributed by atoms with Crippen molar-refractivity contribution in [3.05, 3.63) is 174 Å². The van der Waals surface area contributed by atoms with E-state index in [1.807, 2.05) is 23.1 Å². The van der Waals surface area contributed by atoms with Crippen LogP contribution in [0.15, 0.2) is 161 Å². The number of fused-ring (bicyclic) bond motifs is 14. The average molecular weight is 620 g/mol. The fourth-order valence-corrected chi connectivity index (χ4v) is 10.9. The third-order valence-corrected chi connectivity index (χ3v) is 12.6. The quantitative estimate of drug-likeness (QED) is 0.177. The molecule has 1 nitrogen and oxygen atoms in total. The highest BCUT2D eigenvalue weighted by Gasteiger charge is 2.49. The lowest BCUT2D eigenvalue weighted by Crippen LogP contribution is -2.37. The standard InChI is InChI=1S/C43H25NS2/c1-5-19-36-28(11-1)30-14-10-17-34-41(30)44(36)37-20-6-3-15-32(37)43(34)33-16-4-8-22-40(33)46-42-27(13-9-18-35(42)43)26-23-24-39-31(25-26)29-12-2-7-21-38(29)45-39/h1-25H. The van der Waals surface area contributed by atoms with E-state index in [4.69, 9.17) is 0 Å². The molecular formula is C43H25NS2. The molecule has 2 aromatic heterocycles. The maximum Gasteiger partial charge on any atom is 0.0764 e. The van der Waals surface area contributed by atoms with E-state index in [1.165, 1.54) is 90.8 Å². The molecule has 1 spiro atoms. The summed E-state index contributed by atoms with van der Waals surface area (Å²) in [5, 5.41) is 5.29. The molecule has 0 N–H and O–H groups in total. The van der Waals surface area contributed by atoms with E-state index in [0.29, 0.717) is 0 Å². The van der Waals surface area contributed by atoms with Crippen LogP contribution in [0.5, 0.6) is 0 Å². The van der Waals surface area contributed by atoms with Crippen LogP contribution < -0.4 is 0 Å². The van der Waals surface area contributed by atoms with Gasteiger partial charge in [-0.25, -0.2) is 0 Å². The number of aromatic nitrogens is 1. The summed E-state index contributed by atoms with van der Waals surface area (Å²) in [5.74, 6) is 0. The van der Waals surface area contributed by atoms with Crippen molar-refractivity contribution in [3.63, 3.8) is 0 Å². The largest absolute Gasteiger partial charge is 0.309 e. The average Bonchev–Trinajstić information content (AvgIpc) is 3.66. The molecule has 0 radical (unpaired) electrons. The Morgan fingerprint density at radius 3 is 2.13 bits per heavy atom. The van der Waals surface area contributed by atoms with Gasteiger partial charge in [-0.3, -0.25) is 0 Å². The molecule has 0 fully saturated rings. The second-order valence-corrected chi connectivity index (χ2v) is 14.5. The van der Waals surface area contributed by atoms with Gasteiger partial charge in [-0.1, -0.05) is 127 Å². The third kappa shape index (κ3) is 3.03.